The molecule has 5 nitrogen and oxygen atoms in total. The quantitative estimate of drug-likeness (QED) is 0.799. The Kier molecular flexibility index (Phi) is 3.62. The van der Waals surface area contributed by atoms with Gasteiger partial charge >= 0.3 is 5.97 Å². The molecule has 0 spiro atoms. The molecule has 2 aromatic rings. The molecule has 0 aliphatic rings. The predicted octanol–water partition coefficient (Wildman–Crippen LogP) is 2.31. The van der Waals surface area contributed by atoms with Gasteiger partial charge in [-0.25, -0.2) is 14.5 Å². The molecule has 0 aliphatic heterocycles. The lowest BCUT2D eigenvalue weighted by molar-refractivity contribution is 0.0512. The molecule has 0 atom stereocenters. The Morgan fingerprint density at radius 3 is 2.67 bits per heavy atom. The topological polar surface area (TPSA) is 57.0 Å². The Balaban J connectivity index is 2.34. The van der Waals surface area contributed by atoms with Crippen LogP contribution in [0.15, 0.2) is 24.3 Å². The second kappa shape index (κ2) is 5.18. The van der Waals surface area contributed by atoms with Gasteiger partial charge in [0.15, 0.2) is 5.82 Å². The van der Waals surface area contributed by atoms with E-state index >= 15 is 0 Å². The summed E-state index contributed by atoms with van der Waals surface area (Å²) in [6.45, 7) is 2.04. The van der Waals surface area contributed by atoms with Crippen LogP contribution in [0.3, 0.4) is 0 Å². The van der Waals surface area contributed by atoms with Crippen LogP contribution in [-0.4, -0.2) is 27.3 Å². The van der Waals surface area contributed by atoms with Crippen molar-refractivity contribution >= 4 is 17.6 Å². The predicted molar refractivity (Wildman–Crippen MR) is 67.4 cm³/mol. The van der Waals surface area contributed by atoms with Gasteiger partial charge in [0, 0.05) is 17.6 Å². The van der Waals surface area contributed by atoms with Gasteiger partial charge in [-0.1, -0.05) is 11.6 Å². The SMILES string of the molecule is CCOC(=O)c1nc(-c2ccc(Cl)cc2)n(C)n1. The number of hydrogen-bond acceptors (Lipinski definition) is 4. The zero-order valence-corrected chi connectivity index (χ0v) is 10.8. The van der Waals surface area contributed by atoms with Gasteiger partial charge in [-0.2, -0.15) is 0 Å². The van der Waals surface area contributed by atoms with Crippen LogP contribution >= 0.6 is 11.6 Å². The molecule has 0 radical (unpaired) electrons. The molecule has 0 N–H and O–H groups in total. The molecule has 0 unspecified atom stereocenters. The molecule has 2 rings (SSSR count). The molecule has 0 amide bonds. The molecule has 1 aromatic carbocycles. The van der Waals surface area contributed by atoms with E-state index in [0.29, 0.717) is 17.5 Å². The summed E-state index contributed by atoms with van der Waals surface area (Å²) in [5.74, 6) is 0.132. The lowest BCUT2D eigenvalue weighted by Gasteiger charge is -1.99. The van der Waals surface area contributed by atoms with Crippen molar-refractivity contribution in [3.63, 3.8) is 0 Å². The van der Waals surface area contributed by atoms with Crippen LogP contribution in [0, 0.1) is 0 Å². The summed E-state index contributed by atoms with van der Waals surface area (Å²) in [4.78, 5) is 15.7. The number of ether oxygens (including phenoxy) is 1. The van der Waals surface area contributed by atoms with Crippen molar-refractivity contribution in [3.05, 3.63) is 35.1 Å². The Hall–Kier alpha value is -1.88. The highest BCUT2D eigenvalue weighted by molar-refractivity contribution is 6.30. The van der Waals surface area contributed by atoms with Gasteiger partial charge in [0.25, 0.3) is 5.82 Å². The van der Waals surface area contributed by atoms with E-state index in [1.807, 2.05) is 12.1 Å². The summed E-state index contributed by atoms with van der Waals surface area (Å²) in [6.07, 6.45) is 0. The average molecular weight is 266 g/mol. The van der Waals surface area contributed by atoms with E-state index in [-0.39, 0.29) is 5.82 Å². The number of rotatable bonds is 3. The molecule has 0 fully saturated rings. The number of carbonyl (C=O) groups excluding carboxylic acids is 1. The van der Waals surface area contributed by atoms with E-state index in [4.69, 9.17) is 16.3 Å². The summed E-state index contributed by atoms with van der Waals surface area (Å²) in [6, 6.07) is 7.16. The summed E-state index contributed by atoms with van der Waals surface area (Å²) in [5.41, 5.74) is 0.838. The van der Waals surface area contributed by atoms with E-state index in [1.165, 1.54) is 4.68 Å². The molecule has 6 heteroatoms. The van der Waals surface area contributed by atoms with Crippen LogP contribution in [0.25, 0.3) is 11.4 Å². The Morgan fingerprint density at radius 2 is 2.06 bits per heavy atom. The summed E-state index contributed by atoms with van der Waals surface area (Å²) in [7, 11) is 1.72. The second-order valence-electron chi connectivity index (χ2n) is 3.61. The molecule has 1 aromatic heterocycles. The molecule has 0 saturated carbocycles. The van der Waals surface area contributed by atoms with Gasteiger partial charge in [-0.15, -0.1) is 5.10 Å². The maximum absolute atomic E-state index is 11.5. The number of halogens is 1. The van der Waals surface area contributed by atoms with E-state index < -0.39 is 5.97 Å². The fourth-order valence-corrected chi connectivity index (χ4v) is 1.64. The fraction of sp³-hybridized carbons (Fsp3) is 0.250. The van der Waals surface area contributed by atoms with Gasteiger partial charge in [0.1, 0.15) is 0 Å². The van der Waals surface area contributed by atoms with E-state index in [9.17, 15) is 4.79 Å². The third kappa shape index (κ3) is 2.51. The number of benzene rings is 1. The normalized spacial score (nSPS) is 10.4. The van der Waals surface area contributed by atoms with Crippen molar-refractivity contribution in [2.45, 2.75) is 6.92 Å². The van der Waals surface area contributed by atoms with Gasteiger partial charge in [-0.3, -0.25) is 0 Å². The number of aromatic nitrogens is 3. The number of esters is 1. The molecule has 0 saturated heterocycles. The molecule has 1 heterocycles. The van der Waals surface area contributed by atoms with Crippen LogP contribution in [0.4, 0.5) is 0 Å². The molecular formula is C12H12ClN3O2. The molecule has 94 valence electrons. The Labute approximate surface area is 109 Å². The fourth-order valence-electron chi connectivity index (χ4n) is 1.52. The molecule has 0 aliphatic carbocycles. The van der Waals surface area contributed by atoms with E-state index in [2.05, 4.69) is 10.1 Å². The highest BCUT2D eigenvalue weighted by Gasteiger charge is 2.16. The lowest BCUT2D eigenvalue weighted by atomic mass is 10.2. The monoisotopic (exact) mass is 265 g/mol. The highest BCUT2D eigenvalue weighted by Crippen LogP contribution is 2.19. The third-order valence-corrected chi connectivity index (χ3v) is 2.58. The zero-order chi connectivity index (χ0) is 13.1. The first kappa shape index (κ1) is 12.6. The summed E-state index contributed by atoms with van der Waals surface area (Å²) >= 11 is 5.82. The van der Waals surface area contributed by atoms with Crippen LogP contribution < -0.4 is 0 Å². The van der Waals surface area contributed by atoms with E-state index in [0.717, 1.165) is 5.56 Å². The standard InChI is InChI=1S/C12H12ClN3O2/c1-3-18-12(17)10-14-11(16(2)15-10)8-4-6-9(13)7-5-8/h4-7H,3H2,1-2H3. The largest absolute Gasteiger partial charge is 0.460 e. The smallest absolute Gasteiger partial charge is 0.378 e. The van der Waals surface area contributed by atoms with Gasteiger partial charge in [0.05, 0.1) is 6.61 Å². The van der Waals surface area contributed by atoms with Crippen LogP contribution in [0.1, 0.15) is 17.5 Å². The van der Waals surface area contributed by atoms with Crippen molar-refractivity contribution in [2.75, 3.05) is 6.61 Å². The minimum absolute atomic E-state index is 0.0595. The van der Waals surface area contributed by atoms with Gasteiger partial charge < -0.3 is 4.74 Å². The maximum Gasteiger partial charge on any atom is 0.378 e. The van der Waals surface area contributed by atoms with Crippen molar-refractivity contribution in [1.29, 1.82) is 0 Å². The Morgan fingerprint density at radius 1 is 1.39 bits per heavy atom. The van der Waals surface area contributed by atoms with Crippen molar-refractivity contribution in [2.24, 2.45) is 7.05 Å². The number of carbonyl (C=O) groups is 1. The maximum atomic E-state index is 11.5. The Bertz CT molecular complexity index is 563. The first-order valence-electron chi connectivity index (χ1n) is 5.46. The van der Waals surface area contributed by atoms with Crippen LogP contribution in [-0.2, 0) is 11.8 Å². The van der Waals surface area contributed by atoms with Crippen molar-refractivity contribution < 1.29 is 9.53 Å². The molecule has 18 heavy (non-hydrogen) atoms. The average Bonchev–Trinajstić information content (AvgIpc) is 2.73. The van der Waals surface area contributed by atoms with Crippen LogP contribution in [0.2, 0.25) is 5.02 Å². The minimum Gasteiger partial charge on any atom is -0.460 e. The van der Waals surface area contributed by atoms with Crippen molar-refractivity contribution in [1.82, 2.24) is 14.8 Å². The lowest BCUT2D eigenvalue weighted by Crippen LogP contribution is -2.07. The number of aryl methyl sites for hydroxylation is 1. The molecular weight excluding hydrogens is 254 g/mol. The highest BCUT2D eigenvalue weighted by atomic mass is 35.5. The summed E-state index contributed by atoms with van der Waals surface area (Å²) in [5, 5.41) is 4.67. The summed E-state index contributed by atoms with van der Waals surface area (Å²) < 4.78 is 6.39. The minimum atomic E-state index is -0.520. The van der Waals surface area contributed by atoms with Gasteiger partial charge in [0.2, 0.25) is 0 Å². The van der Waals surface area contributed by atoms with E-state index in [1.54, 1.807) is 26.1 Å². The molecule has 0 bridgehead atoms. The first-order valence-corrected chi connectivity index (χ1v) is 5.83. The zero-order valence-electron chi connectivity index (χ0n) is 10.1. The second-order valence-corrected chi connectivity index (χ2v) is 4.05. The number of nitrogens with zero attached hydrogens (tertiary/aromatic N) is 3. The van der Waals surface area contributed by atoms with Gasteiger partial charge in [-0.05, 0) is 31.2 Å². The first-order chi connectivity index (χ1) is 8.61. The van der Waals surface area contributed by atoms with Crippen molar-refractivity contribution in [3.8, 4) is 11.4 Å². The van der Waals surface area contributed by atoms with Crippen LogP contribution in [0.5, 0.6) is 0 Å². The third-order valence-electron chi connectivity index (χ3n) is 2.32. The number of hydrogen-bond donors (Lipinski definition) is 0.